The highest BCUT2D eigenvalue weighted by Crippen LogP contribution is 2.17. The summed E-state index contributed by atoms with van der Waals surface area (Å²) in [6.45, 7) is 2.42. The molecule has 3 nitrogen and oxygen atoms in total. The average Bonchev–Trinajstić information content (AvgIpc) is 2.80. The van der Waals surface area contributed by atoms with Crippen LogP contribution in [0, 0.1) is 0 Å². The molecule has 0 saturated carbocycles. The van der Waals surface area contributed by atoms with E-state index in [1.165, 1.54) is 5.56 Å². The van der Waals surface area contributed by atoms with Gasteiger partial charge >= 0.3 is 0 Å². The van der Waals surface area contributed by atoms with Gasteiger partial charge < -0.3 is 14.8 Å². The average molecular weight is 221 g/mol. The molecule has 0 spiro atoms. The Hall–Kier alpha value is -1.06. The molecule has 1 unspecified atom stereocenters. The van der Waals surface area contributed by atoms with Crippen LogP contribution in [0.1, 0.15) is 18.4 Å². The number of rotatable bonds is 5. The lowest BCUT2D eigenvalue weighted by Crippen LogP contribution is -2.16. The minimum Gasteiger partial charge on any atom is -0.491 e. The van der Waals surface area contributed by atoms with Crippen molar-refractivity contribution in [2.45, 2.75) is 25.5 Å². The molecule has 16 heavy (non-hydrogen) atoms. The lowest BCUT2D eigenvalue weighted by Gasteiger charge is -2.12. The maximum absolute atomic E-state index is 5.72. The monoisotopic (exact) mass is 221 g/mol. The molecule has 88 valence electrons. The molecule has 1 aromatic rings. The Balaban J connectivity index is 1.85. The molecular weight excluding hydrogens is 202 g/mol. The van der Waals surface area contributed by atoms with Crippen LogP contribution in [-0.4, -0.2) is 26.4 Å². The van der Waals surface area contributed by atoms with E-state index >= 15 is 0 Å². The molecule has 1 saturated heterocycles. The lowest BCUT2D eigenvalue weighted by molar-refractivity contribution is 0.0679. The van der Waals surface area contributed by atoms with Gasteiger partial charge in [0, 0.05) is 13.2 Å². The fourth-order valence-electron chi connectivity index (χ4n) is 1.91. The molecule has 0 aliphatic carbocycles. The number of nitrogens with one attached hydrogen (secondary N) is 1. The first-order valence-corrected chi connectivity index (χ1v) is 5.86. The van der Waals surface area contributed by atoms with Crippen LogP contribution in [0.2, 0.25) is 0 Å². The zero-order chi connectivity index (χ0) is 11.2. The topological polar surface area (TPSA) is 30.5 Å². The van der Waals surface area contributed by atoms with Crippen molar-refractivity contribution in [1.82, 2.24) is 5.32 Å². The Labute approximate surface area is 96.8 Å². The van der Waals surface area contributed by atoms with Crippen LogP contribution < -0.4 is 10.1 Å². The van der Waals surface area contributed by atoms with Gasteiger partial charge in [0.25, 0.3) is 0 Å². The lowest BCUT2D eigenvalue weighted by atomic mass is 10.2. The van der Waals surface area contributed by atoms with Gasteiger partial charge in [0.2, 0.25) is 0 Å². The van der Waals surface area contributed by atoms with Crippen molar-refractivity contribution >= 4 is 0 Å². The summed E-state index contributed by atoms with van der Waals surface area (Å²) in [7, 11) is 1.94. The fraction of sp³-hybridized carbons (Fsp3) is 0.538. The Morgan fingerprint density at radius 3 is 3.19 bits per heavy atom. The second kappa shape index (κ2) is 5.87. The van der Waals surface area contributed by atoms with E-state index in [1.807, 2.05) is 19.2 Å². The molecule has 0 aromatic heterocycles. The molecule has 3 heteroatoms. The van der Waals surface area contributed by atoms with Crippen LogP contribution in [0.4, 0.5) is 0 Å². The van der Waals surface area contributed by atoms with E-state index in [2.05, 4.69) is 17.4 Å². The molecule has 0 radical (unpaired) electrons. The third kappa shape index (κ3) is 3.22. The minimum atomic E-state index is 0.285. The number of benzene rings is 1. The van der Waals surface area contributed by atoms with Crippen molar-refractivity contribution in [3.8, 4) is 5.75 Å². The van der Waals surface area contributed by atoms with E-state index in [-0.39, 0.29) is 6.10 Å². The first kappa shape index (κ1) is 11.4. The highest BCUT2D eigenvalue weighted by atomic mass is 16.5. The molecule has 1 atom stereocenters. The standard InChI is InChI=1S/C13H19NO2/c1-14-9-11-4-2-5-12(8-11)16-10-13-6-3-7-15-13/h2,4-5,8,13-14H,3,6-7,9-10H2,1H3. The molecule has 0 bridgehead atoms. The SMILES string of the molecule is CNCc1cccc(OCC2CCCO2)c1. The molecule has 2 rings (SSSR count). The Kier molecular flexibility index (Phi) is 4.19. The van der Waals surface area contributed by atoms with Gasteiger partial charge in [-0.25, -0.2) is 0 Å². The van der Waals surface area contributed by atoms with Gasteiger partial charge in [-0.3, -0.25) is 0 Å². The highest BCUT2D eigenvalue weighted by Gasteiger charge is 2.15. The minimum absolute atomic E-state index is 0.285. The zero-order valence-electron chi connectivity index (χ0n) is 9.74. The Morgan fingerprint density at radius 1 is 1.50 bits per heavy atom. The fourth-order valence-corrected chi connectivity index (χ4v) is 1.91. The predicted octanol–water partition coefficient (Wildman–Crippen LogP) is 1.96. The molecule has 1 aliphatic heterocycles. The van der Waals surface area contributed by atoms with E-state index in [4.69, 9.17) is 9.47 Å². The number of hydrogen-bond acceptors (Lipinski definition) is 3. The Bertz CT molecular complexity index is 321. The van der Waals surface area contributed by atoms with Crippen LogP contribution in [0.25, 0.3) is 0 Å². The molecule has 1 aliphatic rings. The van der Waals surface area contributed by atoms with E-state index in [0.717, 1.165) is 31.7 Å². The van der Waals surface area contributed by atoms with Crippen molar-refractivity contribution in [2.24, 2.45) is 0 Å². The van der Waals surface area contributed by atoms with Gasteiger partial charge in [-0.2, -0.15) is 0 Å². The van der Waals surface area contributed by atoms with Gasteiger partial charge in [-0.15, -0.1) is 0 Å². The van der Waals surface area contributed by atoms with Crippen molar-refractivity contribution in [2.75, 3.05) is 20.3 Å². The third-order valence-electron chi connectivity index (χ3n) is 2.74. The number of hydrogen-bond donors (Lipinski definition) is 1. The summed E-state index contributed by atoms with van der Waals surface area (Å²) < 4.78 is 11.2. The van der Waals surface area contributed by atoms with Crippen molar-refractivity contribution in [3.63, 3.8) is 0 Å². The Morgan fingerprint density at radius 2 is 2.44 bits per heavy atom. The molecule has 1 heterocycles. The van der Waals surface area contributed by atoms with Crippen molar-refractivity contribution < 1.29 is 9.47 Å². The molecule has 1 N–H and O–H groups in total. The van der Waals surface area contributed by atoms with E-state index in [1.54, 1.807) is 0 Å². The highest BCUT2D eigenvalue weighted by molar-refractivity contribution is 5.28. The largest absolute Gasteiger partial charge is 0.491 e. The quantitative estimate of drug-likeness (QED) is 0.824. The molecule has 1 fully saturated rings. The molecular formula is C13H19NO2. The smallest absolute Gasteiger partial charge is 0.119 e. The maximum Gasteiger partial charge on any atom is 0.119 e. The normalized spacial score (nSPS) is 19.9. The third-order valence-corrected chi connectivity index (χ3v) is 2.74. The van der Waals surface area contributed by atoms with Crippen molar-refractivity contribution in [3.05, 3.63) is 29.8 Å². The zero-order valence-corrected chi connectivity index (χ0v) is 9.74. The van der Waals surface area contributed by atoms with Gasteiger partial charge in [-0.05, 0) is 37.6 Å². The van der Waals surface area contributed by atoms with E-state index in [0.29, 0.717) is 6.61 Å². The van der Waals surface area contributed by atoms with Crippen LogP contribution in [-0.2, 0) is 11.3 Å². The number of ether oxygens (including phenoxy) is 2. The summed E-state index contributed by atoms with van der Waals surface area (Å²) >= 11 is 0. The van der Waals surface area contributed by atoms with E-state index in [9.17, 15) is 0 Å². The summed E-state index contributed by atoms with van der Waals surface area (Å²) in [5.41, 5.74) is 1.24. The van der Waals surface area contributed by atoms with Gasteiger partial charge in [0.1, 0.15) is 12.4 Å². The van der Waals surface area contributed by atoms with Crippen LogP contribution in [0.15, 0.2) is 24.3 Å². The summed E-state index contributed by atoms with van der Waals surface area (Å²) in [5.74, 6) is 0.934. The van der Waals surface area contributed by atoms with E-state index < -0.39 is 0 Å². The van der Waals surface area contributed by atoms with Crippen LogP contribution in [0.3, 0.4) is 0 Å². The molecule has 0 amide bonds. The first-order valence-electron chi connectivity index (χ1n) is 5.86. The summed E-state index contributed by atoms with van der Waals surface area (Å²) in [6.07, 6.45) is 2.57. The second-order valence-corrected chi connectivity index (χ2v) is 4.12. The second-order valence-electron chi connectivity index (χ2n) is 4.12. The first-order chi connectivity index (χ1) is 7.88. The van der Waals surface area contributed by atoms with Gasteiger partial charge in [-0.1, -0.05) is 12.1 Å². The predicted molar refractivity (Wildman–Crippen MR) is 63.7 cm³/mol. The molecule has 1 aromatic carbocycles. The van der Waals surface area contributed by atoms with Gasteiger partial charge in [0.15, 0.2) is 0 Å². The van der Waals surface area contributed by atoms with Crippen molar-refractivity contribution in [1.29, 1.82) is 0 Å². The van der Waals surface area contributed by atoms with Crippen LogP contribution >= 0.6 is 0 Å². The van der Waals surface area contributed by atoms with Gasteiger partial charge in [0.05, 0.1) is 6.10 Å². The van der Waals surface area contributed by atoms with Crippen LogP contribution in [0.5, 0.6) is 5.75 Å². The summed E-state index contributed by atoms with van der Waals surface area (Å²) in [5, 5.41) is 3.13. The maximum atomic E-state index is 5.72. The summed E-state index contributed by atoms with van der Waals surface area (Å²) in [6, 6.07) is 8.19. The summed E-state index contributed by atoms with van der Waals surface area (Å²) in [4.78, 5) is 0.